The molecule has 8 nitrogen and oxygen atoms in total. The molecule has 3 atom stereocenters. The highest BCUT2D eigenvalue weighted by Crippen LogP contribution is 2.47. The summed E-state index contributed by atoms with van der Waals surface area (Å²) in [5, 5.41) is 12.6. The molecule has 3 aromatic rings. The van der Waals surface area contributed by atoms with Gasteiger partial charge in [-0.1, -0.05) is 30.3 Å². The Balaban J connectivity index is 1.57. The molecule has 2 fully saturated rings. The topological polar surface area (TPSA) is 93.0 Å². The minimum Gasteiger partial charge on any atom is -0.273 e. The van der Waals surface area contributed by atoms with Gasteiger partial charge in [-0.05, 0) is 42.0 Å². The molecule has 0 N–H and O–H groups in total. The summed E-state index contributed by atoms with van der Waals surface area (Å²) in [6, 6.07) is 19.2. The largest absolute Gasteiger partial charge is 0.273 e. The summed E-state index contributed by atoms with van der Waals surface area (Å²) >= 11 is 0. The van der Waals surface area contributed by atoms with Crippen LogP contribution in [0.5, 0.6) is 0 Å². The number of anilines is 2. The first-order valence-electron chi connectivity index (χ1n) is 9.84. The number of fused-ring (bicyclic) bond motifs is 1. The van der Waals surface area contributed by atoms with Crippen molar-refractivity contribution in [2.75, 3.05) is 9.96 Å². The van der Waals surface area contributed by atoms with Crippen LogP contribution in [0.4, 0.5) is 21.5 Å². The SMILES string of the molecule is O=C1[C@@H]2[C@@H](c3ccc([N+](=O)[O-])cc3)N(c3ccccc3)O[C@H]2C(=O)N1c1ccc(F)cc1. The normalized spacial score (nSPS) is 22.3. The van der Waals surface area contributed by atoms with E-state index >= 15 is 0 Å². The van der Waals surface area contributed by atoms with E-state index in [1.165, 1.54) is 41.5 Å². The third kappa shape index (κ3) is 3.10. The van der Waals surface area contributed by atoms with Crippen molar-refractivity contribution in [3.63, 3.8) is 0 Å². The summed E-state index contributed by atoms with van der Waals surface area (Å²) in [6.45, 7) is 0. The molecule has 3 aromatic carbocycles. The number of para-hydroxylation sites is 1. The first-order chi connectivity index (χ1) is 15.5. The molecule has 5 rings (SSSR count). The van der Waals surface area contributed by atoms with Gasteiger partial charge in [-0.15, -0.1) is 0 Å². The fourth-order valence-electron chi connectivity index (χ4n) is 4.19. The maximum absolute atomic E-state index is 13.4. The van der Waals surface area contributed by atoms with E-state index in [9.17, 15) is 24.1 Å². The van der Waals surface area contributed by atoms with Crippen LogP contribution in [0.2, 0.25) is 0 Å². The van der Waals surface area contributed by atoms with E-state index in [0.29, 0.717) is 11.3 Å². The molecule has 0 unspecified atom stereocenters. The predicted molar refractivity (Wildman–Crippen MR) is 112 cm³/mol. The number of hydroxylamine groups is 1. The molecule has 160 valence electrons. The van der Waals surface area contributed by atoms with Crippen LogP contribution in [0.1, 0.15) is 11.6 Å². The number of hydrogen-bond donors (Lipinski definition) is 0. The van der Waals surface area contributed by atoms with Gasteiger partial charge in [0.1, 0.15) is 11.7 Å². The molecule has 0 aromatic heterocycles. The van der Waals surface area contributed by atoms with Gasteiger partial charge in [0, 0.05) is 12.1 Å². The van der Waals surface area contributed by atoms with Crippen molar-refractivity contribution in [1.82, 2.24) is 0 Å². The van der Waals surface area contributed by atoms with E-state index < -0.39 is 40.6 Å². The lowest BCUT2D eigenvalue weighted by Gasteiger charge is -2.28. The Bertz CT molecular complexity index is 1200. The number of carbonyl (C=O) groups is 2. The lowest BCUT2D eigenvalue weighted by Crippen LogP contribution is -2.37. The van der Waals surface area contributed by atoms with E-state index in [4.69, 9.17) is 4.84 Å². The van der Waals surface area contributed by atoms with Gasteiger partial charge in [0.2, 0.25) is 5.91 Å². The third-order valence-corrected chi connectivity index (χ3v) is 5.66. The van der Waals surface area contributed by atoms with Crippen LogP contribution in [0.3, 0.4) is 0 Å². The van der Waals surface area contributed by atoms with Crippen LogP contribution >= 0.6 is 0 Å². The molecule has 9 heteroatoms. The molecule has 0 aliphatic carbocycles. The van der Waals surface area contributed by atoms with Crippen molar-refractivity contribution in [1.29, 1.82) is 0 Å². The van der Waals surface area contributed by atoms with Crippen LogP contribution in [-0.4, -0.2) is 22.8 Å². The first kappa shape index (κ1) is 19.8. The standard InChI is InChI=1S/C23H16FN3O5/c24-15-8-12-16(13-9-15)25-22(28)19-20(14-6-10-18(11-7-14)27(30)31)26(32-21(19)23(25)29)17-4-2-1-3-5-17/h1-13,19-21H/t19-,20-,21-/m1/s1. The van der Waals surface area contributed by atoms with Gasteiger partial charge in [0.25, 0.3) is 11.6 Å². The van der Waals surface area contributed by atoms with Gasteiger partial charge in [-0.2, -0.15) is 0 Å². The number of nitrogens with zero attached hydrogens (tertiary/aromatic N) is 3. The maximum Gasteiger partial charge on any atom is 0.269 e. The smallest absolute Gasteiger partial charge is 0.269 e. The van der Waals surface area contributed by atoms with Crippen molar-refractivity contribution in [2.45, 2.75) is 12.1 Å². The number of hydrogen-bond acceptors (Lipinski definition) is 6. The summed E-state index contributed by atoms with van der Waals surface area (Å²) in [5.74, 6) is -2.39. The fourth-order valence-corrected chi connectivity index (χ4v) is 4.19. The molecule has 0 spiro atoms. The summed E-state index contributed by atoms with van der Waals surface area (Å²) < 4.78 is 13.3. The number of imide groups is 1. The highest BCUT2D eigenvalue weighted by molar-refractivity contribution is 6.23. The summed E-state index contributed by atoms with van der Waals surface area (Å²) in [5.41, 5.74) is 1.40. The number of benzene rings is 3. The van der Waals surface area contributed by atoms with Crippen molar-refractivity contribution >= 4 is 28.9 Å². The molecule has 0 radical (unpaired) electrons. The molecular weight excluding hydrogens is 417 g/mol. The quantitative estimate of drug-likeness (QED) is 0.353. The van der Waals surface area contributed by atoms with Crippen LogP contribution < -0.4 is 9.96 Å². The van der Waals surface area contributed by atoms with E-state index in [1.54, 1.807) is 36.4 Å². The van der Waals surface area contributed by atoms with Crippen LogP contribution in [0, 0.1) is 21.8 Å². The minimum absolute atomic E-state index is 0.0859. The molecule has 2 aliphatic rings. The lowest BCUT2D eigenvalue weighted by atomic mass is 9.90. The molecular formula is C23H16FN3O5. The van der Waals surface area contributed by atoms with Crippen molar-refractivity contribution < 1.29 is 23.7 Å². The zero-order valence-corrected chi connectivity index (χ0v) is 16.5. The summed E-state index contributed by atoms with van der Waals surface area (Å²) in [7, 11) is 0. The van der Waals surface area contributed by atoms with E-state index in [2.05, 4.69) is 0 Å². The third-order valence-electron chi connectivity index (χ3n) is 5.66. The summed E-state index contributed by atoms with van der Waals surface area (Å²) in [4.78, 5) is 44.1. The van der Waals surface area contributed by atoms with Crippen molar-refractivity contribution in [3.05, 3.63) is 100 Å². The monoisotopic (exact) mass is 433 g/mol. The minimum atomic E-state index is -1.08. The highest BCUT2D eigenvalue weighted by Gasteiger charge is 2.60. The number of rotatable bonds is 4. The average molecular weight is 433 g/mol. The Kier molecular flexibility index (Phi) is 4.67. The van der Waals surface area contributed by atoms with E-state index in [0.717, 1.165) is 4.90 Å². The Hall–Kier alpha value is -4.11. The number of nitro groups is 1. The van der Waals surface area contributed by atoms with Gasteiger partial charge in [-0.3, -0.25) is 24.5 Å². The number of halogens is 1. The van der Waals surface area contributed by atoms with Crippen LogP contribution in [-0.2, 0) is 14.4 Å². The van der Waals surface area contributed by atoms with E-state index in [1.807, 2.05) is 6.07 Å². The van der Waals surface area contributed by atoms with Crippen molar-refractivity contribution in [2.24, 2.45) is 5.92 Å². The molecule has 32 heavy (non-hydrogen) atoms. The van der Waals surface area contributed by atoms with Crippen molar-refractivity contribution in [3.8, 4) is 0 Å². The zero-order valence-electron chi connectivity index (χ0n) is 16.5. The van der Waals surface area contributed by atoms with Gasteiger partial charge in [-0.25, -0.2) is 14.4 Å². The molecule has 0 saturated carbocycles. The average Bonchev–Trinajstić information content (AvgIpc) is 3.31. The number of nitro benzene ring substituents is 1. The molecule has 2 aliphatic heterocycles. The molecule has 2 heterocycles. The molecule has 2 amide bonds. The Morgan fingerprint density at radius 3 is 2.12 bits per heavy atom. The van der Waals surface area contributed by atoms with Gasteiger partial charge >= 0.3 is 0 Å². The predicted octanol–water partition coefficient (Wildman–Crippen LogP) is 3.79. The maximum atomic E-state index is 13.4. The second-order valence-electron chi connectivity index (χ2n) is 7.49. The first-order valence-corrected chi connectivity index (χ1v) is 9.84. The second-order valence-corrected chi connectivity index (χ2v) is 7.49. The lowest BCUT2D eigenvalue weighted by molar-refractivity contribution is -0.384. The zero-order chi connectivity index (χ0) is 22.4. The fraction of sp³-hybridized carbons (Fsp3) is 0.130. The number of non-ortho nitro benzene ring substituents is 1. The van der Waals surface area contributed by atoms with Crippen LogP contribution in [0.15, 0.2) is 78.9 Å². The van der Waals surface area contributed by atoms with Gasteiger partial charge < -0.3 is 0 Å². The highest BCUT2D eigenvalue weighted by atomic mass is 19.1. The van der Waals surface area contributed by atoms with Gasteiger partial charge in [0.15, 0.2) is 6.10 Å². The van der Waals surface area contributed by atoms with E-state index in [-0.39, 0.29) is 11.4 Å². The molecule has 0 bridgehead atoms. The second kappa shape index (κ2) is 7.54. The van der Waals surface area contributed by atoms with Gasteiger partial charge in [0.05, 0.1) is 22.3 Å². The number of carbonyl (C=O) groups excluding carboxylic acids is 2. The number of amides is 2. The van der Waals surface area contributed by atoms with Crippen LogP contribution in [0.25, 0.3) is 0 Å². The Morgan fingerprint density at radius 1 is 0.844 bits per heavy atom. The Labute approximate surface area is 181 Å². The Morgan fingerprint density at radius 2 is 1.50 bits per heavy atom. The molecule has 2 saturated heterocycles. The summed E-state index contributed by atoms with van der Waals surface area (Å²) in [6.07, 6.45) is -1.08.